The van der Waals surface area contributed by atoms with Crippen molar-refractivity contribution in [3.63, 3.8) is 0 Å². The maximum absolute atomic E-state index is 5.49. The van der Waals surface area contributed by atoms with Gasteiger partial charge in [0.05, 0.1) is 14.2 Å². The second-order valence-electron chi connectivity index (χ2n) is 8.96. The summed E-state index contributed by atoms with van der Waals surface area (Å²) in [7, 11) is 5.24. The molecule has 2 aliphatic heterocycles. The molecule has 7 heteroatoms. The lowest BCUT2D eigenvalue weighted by atomic mass is 9.84. The van der Waals surface area contributed by atoms with Gasteiger partial charge in [-0.3, -0.25) is 4.99 Å². The molecule has 1 unspecified atom stereocenters. The van der Waals surface area contributed by atoms with Crippen LogP contribution in [-0.4, -0.2) is 76.3 Å². The lowest BCUT2D eigenvalue weighted by molar-refractivity contribution is 0.281. The Labute approximate surface area is 199 Å². The molecule has 2 heterocycles. The van der Waals surface area contributed by atoms with Gasteiger partial charge in [0.1, 0.15) is 0 Å². The van der Waals surface area contributed by atoms with Gasteiger partial charge in [0, 0.05) is 38.6 Å². The van der Waals surface area contributed by atoms with Crippen molar-refractivity contribution in [1.29, 1.82) is 0 Å². The van der Waals surface area contributed by atoms with Gasteiger partial charge < -0.3 is 24.6 Å². The first-order valence-corrected chi connectivity index (χ1v) is 10.9. The van der Waals surface area contributed by atoms with Crippen molar-refractivity contribution >= 4 is 29.9 Å². The van der Waals surface area contributed by atoms with E-state index in [4.69, 9.17) is 9.47 Å². The minimum Gasteiger partial charge on any atom is -0.493 e. The number of likely N-dealkylation sites (tertiary alicyclic amines) is 2. The minimum absolute atomic E-state index is 0. The number of benzene rings is 1. The summed E-state index contributed by atoms with van der Waals surface area (Å²) < 4.78 is 10.9. The van der Waals surface area contributed by atoms with E-state index in [1.165, 1.54) is 44.5 Å². The van der Waals surface area contributed by atoms with Gasteiger partial charge in [-0.15, -0.1) is 24.0 Å². The van der Waals surface area contributed by atoms with E-state index in [0.717, 1.165) is 43.0 Å². The predicted octanol–water partition coefficient (Wildman–Crippen LogP) is 3.59. The summed E-state index contributed by atoms with van der Waals surface area (Å²) >= 11 is 0. The van der Waals surface area contributed by atoms with Crippen molar-refractivity contribution in [3.05, 3.63) is 23.8 Å². The molecule has 0 saturated carbocycles. The number of nitrogens with one attached hydrogen (secondary N) is 1. The van der Waals surface area contributed by atoms with E-state index in [9.17, 15) is 0 Å². The number of ether oxygens (including phenoxy) is 2. The van der Waals surface area contributed by atoms with Crippen LogP contribution < -0.4 is 14.8 Å². The fraction of sp³-hybridized carbons (Fsp3) is 0.696. The number of rotatable bonds is 7. The minimum atomic E-state index is -0.0653. The standard InChI is InChI=1S/C23H38N4O2.HI/c1-23(2,19-8-9-20(28-4)21(14-19)29-5)17-25-22(24-3)27-13-10-18(16-27)15-26-11-6-7-12-26;/h8-9,14,18H,6-7,10-13,15-17H2,1-5H3,(H,24,25);1H. The summed E-state index contributed by atoms with van der Waals surface area (Å²) in [4.78, 5) is 9.62. The molecule has 0 bridgehead atoms. The van der Waals surface area contributed by atoms with Crippen molar-refractivity contribution in [3.8, 4) is 11.5 Å². The number of hydrogen-bond donors (Lipinski definition) is 1. The first kappa shape index (κ1) is 25.0. The summed E-state index contributed by atoms with van der Waals surface area (Å²) in [6.45, 7) is 11.3. The van der Waals surface area contributed by atoms with Crippen molar-refractivity contribution in [2.45, 2.75) is 38.5 Å². The van der Waals surface area contributed by atoms with Gasteiger partial charge in [-0.2, -0.15) is 0 Å². The fourth-order valence-corrected chi connectivity index (χ4v) is 4.50. The van der Waals surface area contributed by atoms with E-state index in [0.29, 0.717) is 0 Å². The average Bonchev–Trinajstić information content (AvgIpc) is 3.40. The molecule has 0 amide bonds. The Bertz CT molecular complexity index is 704. The molecule has 2 saturated heterocycles. The summed E-state index contributed by atoms with van der Waals surface area (Å²) in [5.74, 6) is 3.30. The average molecular weight is 530 g/mol. The highest BCUT2D eigenvalue weighted by Gasteiger charge is 2.29. The Hall–Kier alpha value is -1.22. The van der Waals surface area contributed by atoms with Crippen LogP contribution in [-0.2, 0) is 5.41 Å². The first-order chi connectivity index (χ1) is 14.0. The number of methoxy groups -OCH3 is 2. The highest BCUT2D eigenvalue weighted by molar-refractivity contribution is 14.0. The molecule has 2 fully saturated rings. The monoisotopic (exact) mass is 530 g/mol. The molecule has 1 aromatic rings. The summed E-state index contributed by atoms with van der Waals surface area (Å²) in [5, 5.41) is 3.62. The number of hydrogen-bond acceptors (Lipinski definition) is 4. The highest BCUT2D eigenvalue weighted by atomic mass is 127. The molecule has 1 aromatic carbocycles. The van der Waals surface area contributed by atoms with Crippen LogP contribution in [0.3, 0.4) is 0 Å². The fourth-order valence-electron chi connectivity index (χ4n) is 4.50. The van der Waals surface area contributed by atoms with Gasteiger partial charge in [-0.25, -0.2) is 0 Å². The molecule has 0 radical (unpaired) electrons. The van der Waals surface area contributed by atoms with E-state index in [1.807, 2.05) is 13.1 Å². The molecule has 170 valence electrons. The van der Waals surface area contributed by atoms with E-state index in [1.54, 1.807) is 14.2 Å². The lowest BCUT2D eigenvalue weighted by Gasteiger charge is -2.30. The molecular formula is C23H39IN4O2. The third kappa shape index (κ3) is 6.15. The van der Waals surface area contributed by atoms with E-state index in [2.05, 4.69) is 46.1 Å². The largest absolute Gasteiger partial charge is 0.493 e. The van der Waals surface area contributed by atoms with E-state index < -0.39 is 0 Å². The second kappa shape index (κ2) is 11.4. The van der Waals surface area contributed by atoms with Gasteiger partial charge in [0.2, 0.25) is 0 Å². The van der Waals surface area contributed by atoms with Crippen LogP contribution in [0.25, 0.3) is 0 Å². The zero-order valence-electron chi connectivity index (χ0n) is 19.2. The van der Waals surface area contributed by atoms with Crippen LogP contribution in [0.2, 0.25) is 0 Å². The van der Waals surface area contributed by atoms with Crippen molar-refractivity contribution in [2.24, 2.45) is 10.9 Å². The van der Waals surface area contributed by atoms with Crippen molar-refractivity contribution in [1.82, 2.24) is 15.1 Å². The topological polar surface area (TPSA) is 49.3 Å². The normalized spacial score (nSPS) is 20.2. The third-order valence-electron chi connectivity index (χ3n) is 6.37. The maximum Gasteiger partial charge on any atom is 0.193 e. The second-order valence-corrected chi connectivity index (χ2v) is 8.96. The Balaban J connectivity index is 0.00000320. The zero-order valence-corrected chi connectivity index (χ0v) is 21.6. The Morgan fingerprint density at radius 3 is 2.47 bits per heavy atom. The summed E-state index contributed by atoms with van der Waals surface area (Å²) in [5.41, 5.74) is 1.15. The number of halogens is 1. The molecule has 30 heavy (non-hydrogen) atoms. The van der Waals surface area contributed by atoms with Crippen LogP contribution in [0, 0.1) is 5.92 Å². The Morgan fingerprint density at radius 2 is 1.83 bits per heavy atom. The van der Waals surface area contributed by atoms with Crippen molar-refractivity contribution in [2.75, 3.05) is 60.5 Å². The highest BCUT2D eigenvalue weighted by Crippen LogP contribution is 2.33. The summed E-state index contributed by atoms with van der Waals surface area (Å²) in [6, 6.07) is 6.17. The SMILES string of the molecule is CN=C(NCC(C)(C)c1ccc(OC)c(OC)c1)N1CCC(CN2CCCC2)C1.I. The van der Waals surface area contributed by atoms with Crippen LogP contribution in [0.5, 0.6) is 11.5 Å². The quantitative estimate of drug-likeness (QED) is 0.332. The number of aliphatic imine (C=N–C) groups is 1. The molecule has 3 rings (SSSR count). The molecule has 0 aliphatic carbocycles. The van der Waals surface area contributed by atoms with Crippen LogP contribution >= 0.6 is 24.0 Å². The first-order valence-electron chi connectivity index (χ1n) is 10.9. The Morgan fingerprint density at radius 1 is 1.13 bits per heavy atom. The molecule has 1 atom stereocenters. The van der Waals surface area contributed by atoms with Gasteiger partial charge in [0.25, 0.3) is 0 Å². The summed E-state index contributed by atoms with van der Waals surface area (Å²) in [6.07, 6.45) is 3.99. The van der Waals surface area contributed by atoms with E-state index >= 15 is 0 Å². The smallest absolute Gasteiger partial charge is 0.193 e. The molecule has 2 aliphatic rings. The van der Waals surface area contributed by atoms with Crippen LogP contribution in [0.4, 0.5) is 0 Å². The lowest BCUT2D eigenvalue weighted by Crippen LogP contribution is -2.45. The van der Waals surface area contributed by atoms with E-state index in [-0.39, 0.29) is 29.4 Å². The van der Waals surface area contributed by atoms with Crippen LogP contribution in [0.15, 0.2) is 23.2 Å². The van der Waals surface area contributed by atoms with Gasteiger partial charge >= 0.3 is 0 Å². The zero-order chi connectivity index (χ0) is 20.9. The van der Waals surface area contributed by atoms with Crippen LogP contribution in [0.1, 0.15) is 38.7 Å². The molecule has 0 aromatic heterocycles. The Kier molecular flexibility index (Phi) is 9.53. The predicted molar refractivity (Wildman–Crippen MR) is 135 cm³/mol. The number of guanidine groups is 1. The molecule has 6 nitrogen and oxygen atoms in total. The van der Waals surface area contributed by atoms with Gasteiger partial charge in [-0.05, 0) is 56.0 Å². The molecule has 0 spiro atoms. The molecule has 1 N–H and O–H groups in total. The van der Waals surface area contributed by atoms with Gasteiger partial charge in [0.15, 0.2) is 17.5 Å². The van der Waals surface area contributed by atoms with Gasteiger partial charge in [-0.1, -0.05) is 19.9 Å². The number of nitrogens with zero attached hydrogens (tertiary/aromatic N) is 3. The third-order valence-corrected chi connectivity index (χ3v) is 6.37. The maximum atomic E-state index is 5.49. The van der Waals surface area contributed by atoms with Crippen molar-refractivity contribution < 1.29 is 9.47 Å². The molecular weight excluding hydrogens is 491 g/mol.